The molecular formula is C15H13ClN4O. The number of benzene rings is 1. The van der Waals surface area contributed by atoms with Crippen LogP contribution in [0.5, 0.6) is 0 Å². The molecule has 0 radical (unpaired) electrons. The topological polar surface area (TPSA) is 52.3 Å². The van der Waals surface area contributed by atoms with Gasteiger partial charge in [-0.1, -0.05) is 23.7 Å². The van der Waals surface area contributed by atoms with Gasteiger partial charge in [-0.15, -0.1) is 10.2 Å². The number of fused-ring (bicyclic) bond motifs is 2. The molecule has 1 aromatic carbocycles. The lowest BCUT2D eigenvalue weighted by Crippen LogP contribution is -2.01. The van der Waals surface area contributed by atoms with Crippen LogP contribution in [0.4, 0.5) is 0 Å². The summed E-state index contributed by atoms with van der Waals surface area (Å²) in [4.78, 5) is 4.29. The van der Waals surface area contributed by atoms with E-state index in [1.54, 1.807) is 0 Å². The van der Waals surface area contributed by atoms with Gasteiger partial charge in [0.1, 0.15) is 0 Å². The standard InChI is InChI=1S/C15H13ClN4O/c1-8-9(2)20-14(18-19-15(20)13(16)17-8)10-3-4-11-6-21-7-12(11)5-10/h3-5H,6-7H2,1-2H3. The Kier molecular flexibility index (Phi) is 2.74. The molecule has 3 heterocycles. The van der Waals surface area contributed by atoms with Crippen LogP contribution in [0.2, 0.25) is 5.15 Å². The minimum Gasteiger partial charge on any atom is -0.372 e. The average molecular weight is 301 g/mol. The van der Waals surface area contributed by atoms with Crippen LogP contribution >= 0.6 is 11.6 Å². The molecule has 0 amide bonds. The molecule has 0 saturated heterocycles. The first-order valence-corrected chi connectivity index (χ1v) is 7.10. The summed E-state index contributed by atoms with van der Waals surface area (Å²) in [5.74, 6) is 0.782. The fourth-order valence-electron chi connectivity index (χ4n) is 2.67. The highest BCUT2D eigenvalue weighted by molar-refractivity contribution is 6.32. The van der Waals surface area contributed by atoms with Crippen LogP contribution in [0, 0.1) is 13.8 Å². The van der Waals surface area contributed by atoms with Crippen molar-refractivity contribution in [2.24, 2.45) is 0 Å². The van der Waals surface area contributed by atoms with Gasteiger partial charge in [0.05, 0.1) is 18.9 Å². The van der Waals surface area contributed by atoms with Gasteiger partial charge in [-0.2, -0.15) is 0 Å². The van der Waals surface area contributed by atoms with Crippen molar-refractivity contribution in [1.29, 1.82) is 0 Å². The maximum Gasteiger partial charge on any atom is 0.199 e. The molecule has 2 aromatic heterocycles. The quantitative estimate of drug-likeness (QED) is 0.693. The Bertz CT molecular complexity index is 872. The Hall–Kier alpha value is -1.98. The fourth-order valence-corrected chi connectivity index (χ4v) is 2.92. The van der Waals surface area contributed by atoms with Crippen molar-refractivity contribution in [1.82, 2.24) is 19.6 Å². The van der Waals surface area contributed by atoms with Crippen LogP contribution in [-0.2, 0) is 18.0 Å². The second-order valence-electron chi connectivity index (χ2n) is 5.23. The average Bonchev–Trinajstić information content (AvgIpc) is 3.10. The van der Waals surface area contributed by atoms with Crippen molar-refractivity contribution >= 4 is 17.2 Å². The van der Waals surface area contributed by atoms with Crippen molar-refractivity contribution in [3.05, 3.63) is 45.9 Å². The predicted molar refractivity (Wildman–Crippen MR) is 79.2 cm³/mol. The molecule has 0 aliphatic carbocycles. The van der Waals surface area contributed by atoms with E-state index < -0.39 is 0 Å². The third-order valence-corrected chi connectivity index (χ3v) is 4.21. The van der Waals surface area contributed by atoms with Gasteiger partial charge >= 0.3 is 0 Å². The molecule has 0 atom stereocenters. The number of hydrogen-bond donors (Lipinski definition) is 0. The first-order valence-electron chi connectivity index (χ1n) is 6.73. The van der Waals surface area contributed by atoms with E-state index in [-0.39, 0.29) is 0 Å². The van der Waals surface area contributed by atoms with E-state index >= 15 is 0 Å². The van der Waals surface area contributed by atoms with E-state index in [9.17, 15) is 0 Å². The van der Waals surface area contributed by atoms with Crippen LogP contribution in [0.3, 0.4) is 0 Å². The fraction of sp³-hybridized carbons (Fsp3) is 0.267. The number of rotatable bonds is 1. The SMILES string of the molecule is Cc1nc(Cl)c2nnc(-c3ccc4c(c3)COC4)n2c1C. The van der Waals surface area contributed by atoms with Gasteiger partial charge in [-0.3, -0.25) is 4.40 Å². The van der Waals surface area contributed by atoms with Gasteiger partial charge in [0.15, 0.2) is 16.6 Å². The second kappa shape index (κ2) is 4.51. The van der Waals surface area contributed by atoms with Crippen molar-refractivity contribution < 1.29 is 4.74 Å². The molecule has 106 valence electrons. The van der Waals surface area contributed by atoms with Gasteiger partial charge in [-0.05, 0) is 31.0 Å². The van der Waals surface area contributed by atoms with Crippen LogP contribution < -0.4 is 0 Å². The van der Waals surface area contributed by atoms with Gasteiger partial charge in [0.25, 0.3) is 0 Å². The van der Waals surface area contributed by atoms with E-state index in [0.29, 0.717) is 24.0 Å². The van der Waals surface area contributed by atoms with Crippen molar-refractivity contribution in [2.45, 2.75) is 27.1 Å². The molecule has 3 aromatic rings. The molecule has 0 unspecified atom stereocenters. The molecule has 5 nitrogen and oxygen atoms in total. The lowest BCUT2D eigenvalue weighted by molar-refractivity contribution is 0.134. The van der Waals surface area contributed by atoms with E-state index in [1.165, 1.54) is 11.1 Å². The Morgan fingerprint density at radius 1 is 1.14 bits per heavy atom. The molecule has 0 bridgehead atoms. The predicted octanol–water partition coefficient (Wildman–Crippen LogP) is 3.09. The molecule has 1 aliphatic heterocycles. The van der Waals surface area contributed by atoms with E-state index in [4.69, 9.17) is 16.3 Å². The Morgan fingerprint density at radius 2 is 1.95 bits per heavy atom. The maximum absolute atomic E-state index is 6.17. The lowest BCUT2D eigenvalue weighted by Gasteiger charge is -2.08. The lowest BCUT2D eigenvalue weighted by atomic mass is 10.1. The minimum absolute atomic E-state index is 0.376. The van der Waals surface area contributed by atoms with Gasteiger partial charge < -0.3 is 4.74 Å². The summed E-state index contributed by atoms with van der Waals surface area (Å²) < 4.78 is 7.42. The zero-order valence-electron chi connectivity index (χ0n) is 11.7. The number of nitrogens with zero attached hydrogens (tertiary/aromatic N) is 4. The van der Waals surface area contributed by atoms with Crippen LogP contribution in [0.15, 0.2) is 18.2 Å². The molecule has 21 heavy (non-hydrogen) atoms. The largest absolute Gasteiger partial charge is 0.372 e. The summed E-state index contributed by atoms with van der Waals surface area (Å²) in [7, 11) is 0. The molecule has 6 heteroatoms. The van der Waals surface area contributed by atoms with Crippen molar-refractivity contribution in [2.75, 3.05) is 0 Å². The zero-order chi connectivity index (χ0) is 14.6. The summed E-state index contributed by atoms with van der Waals surface area (Å²) in [5.41, 5.74) is 5.91. The molecule has 1 aliphatic rings. The van der Waals surface area contributed by atoms with Gasteiger partial charge in [0.2, 0.25) is 0 Å². The highest BCUT2D eigenvalue weighted by Crippen LogP contribution is 2.28. The van der Waals surface area contributed by atoms with E-state index in [1.807, 2.05) is 24.3 Å². The number of aromatic nitrogens is 4. The maximum atomic E-state index is 6.17. The monoisotopic (exact) mass is 300 g/mol. The molecule has 0 N–H and O–H groups in total. The van der Waals surface area contributed by atoms with Crippen LogP contribution in [0.1, 0.15) is 22.5 Å². The smallest absolute Gasteiger partial charge is 0.199 e. The van der Waals surface area contributed by atoms with Crippen molar-refractivity contribution in [3.8, 4) is 11.4 Å². The highest BCUT2D eigenvalue weighted by Gasteiger charge is 2.18. The van der Waals surface area contributed by atoms with Gasteiger partial charge in [-0.25, -0.2) is 4.98 Å². The molecule has 0 spiro atoms. The molecular weight excluding hydrogens is 288 g/mol. The number of ether oxygens (including phenoxy) is 1. The molecule has 4 rings (SSSR count). The summed E-state index contributed by atoms with van der Waals surface area (Å²) in [6.45, 7) is 5.26. The first-order chi connectivity index (χ1) is 10.1. The molecule has 0 saturated carbocycles. The zero-order valence-corrected chi connectivity index (χ0v) is 12.5. The third kappa shape index (κ3) is 1.85. The number of aryl methyl sites for hydroxylation is 2. The highest BCUT2D eigenvalue weighted by atomic mass is 35.5. The van der Waals surface area contributed by atoms with Gasteiger partial charge in [0, 0.05) is 11.3 Å². The third-order valence-electron chi connectivity index (χ3n) is 3.95. The van der Waals surface area contributed by atoms with Crippen LogP contribution in [-0.4, -0.2) is 19.6 Å². The Labute approximate surface area is 126 Å². The summed E-state index contributed by atoms with van der Waals surface area (Å²) in [6.07, 6.45) is 0. The normalized spacial score (nSPS) is 13.9. The van der Waals surface area contributed by atoms with E-state index in [0.717, 1.165) is 22.8 Å². The van der Waals surface area contributed by atoms with Crippen LogP contribution in [0.25, 0.3) is 17.0 Å². The first kappa shape index (κ1) is 12.7. The summed E-state index contributed by atoms with van der Waals surface area (Å²) in [6, 6.07) is 6.25. The number of halogens is 1. The summed E-state index contributed by atoms with van der Waals surface area (Å²) >= 11 is 6.17. The van der Waals surface area contributed by atoms with Crippen molar-refractivity contribution in [3.63, 3.8) is 0 Å². The number of hydrogen-bond acceptors (Lipinski definition) is 4. The minimum atomic E-state index is 0.376. The Morgan fingerprint density at radius 3 is 2.81 bits per heavy atom. The summed E-state index contributed by atoms with van der Waals surface area (Å²) in [5, 5.41) is 8.86. The second-order valence-corrected chi connectivity index (χ2v) is 5.59. The van der Waals surface area contributed by atoms with E-state index in [2.05, 4.69) is 27.3 Å². The Balaban J connectivity index is 1.99. The molecule has 0 fully saturated rings.